The van der Waals surface area contributed by atoms with Gasteiger partial charge >= 0.3 is 12.1 Å². The number of nitrogens with one attached hydrogen (secondary N) is 2. The largest absolute Gasteiger partial charge is 0.481 e. The number of rotatable bonds is 9. The highest BCUT2D eigenvalue weighted by atomic mass is 19.4. The SMILES string of the molecule is CC(c1cnc(-c2cc(Oc3c(F)cc4[nH]ccc4c3CC(F)(F)F)ccc2F)[nH]1)c1cccc(CCC(=O)O)c1F. The van der Waals surface area contributed by atoms with E-state index < -0.39 is 53.2 Å². The molecule has 0 aliphatic heterocycles. The number of aromatic amines is 2. The van der Waals surface area contributed by atoms with Gasteiger partial charge in [-0.25, -0.2) is 18.2 Å². The summed E-state index contributed by atoms with van der Waals surface area (Å²) in [5, 5.41) is 9.06. The maximum atomic E-state index is 15.2. The Balaban J connectivity index is 1.45. The van der Waals surface area contributed by atoms with Crippen molar-refractivity contribution < 1.29 is 41.0 Å². The van der Waals surface area contributed by atoms with E-state index >= 15 is 4.39 Å². The molecule has 6 nitrogen and oxygen atoms in total. The zero-order valence-electron chi connectivity index (χ0n) is 22.0. The smallest absolute Gasteiger partial charge is 0.393 e. The molecule has 0 aliphatic rings. The van der Waals surface area contributed by atoms with Gasteiger partial charge in [-0.2, -0.15) is 13.2 Å². The lowest BCUT2D eigenvalue weighted by Gasteiger charge is -2.16. The van der Waals surface area contributed by atoms with Crippen LogP contribution in [-0.2, 0) is 17.6 Å². The molecule has 0 saturated heterocycles. The summed E-state index contributed by atoms with van der Waals surface area (Å²) in [7, 11) is 0. The Labute approximate surface area is 235 Å². The van der Waals surface area contributed by atoms with Crippen molar-refractivity contribution in [1.29, 1.82) is 0 Å². The highest BCUT2D eigenvalue weighted by Gasteiger charge is 2.32. The summed E-state index contributed by atoms with van der Waals surface area (Å²) in [5.41, 5.74) is 0.584. The number of aryl methyl sites for hydroxylation is 1. The van der Waals surface area contributed by atoms with Gasteiger partial charge in [0.25, 0.3) is 0 Å². The number of H-pyrrole nitrogens is 2. The van der Waals surface area contributed by atoms with Crippen LogP contribution in [0, 0.1) is 17.5 Å². The number of aliphatic carboxylic acids is 1. The van der Waals surface area contributed by atoms with Crippen LogP contribution in [0.15, 0.2) is 60.9 Å². The molecule has 0 aliphatic carbocycles. The van der Waals surface area contributed by atoms with Crippen molar-refractivity contribution in [2.75, 3.05) is 0 Å². The summed E-state index contributed by atoms with van der Waals surface area (Å²) in [6.07, 6.45) is -3.55. The van der Waals surface area contributed by atoms with Gasteiger partial charge < -0.3 is 19.8 Å². The zero-order valence-corrected chi connectivity index (χ0v) is 22.0. The van der Waals surface area contributed by atoms with Gasteiger partial charge in [0.2, 0.25) is 0 Å². The number of carboxylic acids is 1. The third kappa shape index (κ3) is 5.97. The van der Waals surface area contributed by atoms with E-state index in [0.29, 0.717) is 5.69 Å². The summed E-state index contributed by atoms with van der Waals surface area (Å²) in [5.74, 6) is -4.70. The second-order valence-electron chi connectivity index (χ2n) is 9.76. The summed E-state index contributed by atoms with van der Waals surface area (Å²) in [6.45, 7) is 1.69. The number of imidazole rings is 1. The van der Waals surface area contributed by atoms with Gasteiger partial charge in [-0.1, -0.05) is 25.1 Å². The van der Waals surface area contributed by atoms with Crippen LogP contribution >= 0.6 is 0 Å². The summed E-state index contributed by atoms with van der Waals surface area (Å²) in [4.78, 5) is 20.7. The van der Waals surface area contributed by atoms with Crippen LogP contribution < -0.4 is 4.74 Å². The van der Waals surface area contributed by atoms with E-state index in [1.165, 1.54) is 30.6 Å². The monoisotopic (exact) mass is 587 g/mol. The average molecular weight is 588 g/mol. The van der Waals surface area contributed by atoms with Gasteiger partial charge in [0, 0.05) is 53.0 Å². The van der Waals surface area contributed by atoms with Crippen LogP contribution in [0.25, 0.3) is 22.3 Å². The molecule has 5 aromatic rings. The van der Waals surface area contributed by atoms with Crippen LogP contribution in [0.3, 0.4) is 0 Å². The number of aromatic nitrogens is 3. The number of halogens is 6. The molecular weight excluding hydrogens is 564 g/mol. The molecule has 0 spiro atoms. The topological polar surface area (TPSA) is 91.0 Å². The van der Waals surface area contributed by atoms with E-state index in [2.05, 4.69) is 15.0 Å². The predicted molar refractivity (Wildman–Crippen MR) is 142 cm³/mol. The Bertz CT molecular complexity index is 1780. The zero-order chi connectivity index (χ0) is 30.2. The third-order valence-corrected chi connectivity index (χ3v) is 6.90. The predicted octanol–water partition coefficient (Wildman–Crippen LogP) is 8.04. The maximum absolute atomic E-state index is 15.2. The van der Waals surface area contributed by atoms with Crippen molar-refractivity contribution in [2.24, 2.45) is 0 Å². The van der Waals surface area contributed by atoms with E-state index in [1.807, 2.05) is 0 Å². The Morgan fingerprint density at radius 1 is 1.07 bits per heavy atom. The molecule has 0 amide bonds. The van der Waals surface area contributed by atoms with Gasteiger partial charge in [-0.15, -0.1) is 0 Å². The fraction of sp³-hybridized carbons (Fsp3) is 0.200. The number of hydrogen-bond donors (Lipinski definition) is 3. The highest BCUT2D eigenvalue weighted by Crippen LogP contribution is 2.39. The molecule has 218 valence electrons. The van der Waals surface area contributed by atoms with Gasteiger partial charge in [-0.05, 0) is 41.8 Å². The van der Waals surface area contributed by atoms with Gasteiger partial charge in [-0.3, -0.25) is 4.79 Å². The molecule has 2 aromatic heterocycles. The van der Waals surface area contributed by atoms with Crippen LogP contribution in [0.5, 0.6) is 11.5 Å². The molecule has 3 N–H and O–H groups in total. The van der Waals surface area contributed by atoms with Crippen LogP contribution in [0.1, 0.15) is 41.6 Å². The number of carboxylic acid groups (broad SMARTS) is 1. The van der Waals surface area contributed by atoms with E-state index in [1.54, 1.807) is 19.1 Å². The first-order valence-corrected chi connectivity index (χ1v) is 12.8. The number of ether oxygens (including phenoxy) is 1. The second-order valence-corrected chi connectivity index (χ2v) is 9.76. The molecular formula is C30H23F6N3O3. The van der Waals surface area contributed by atoms with Crippen LogP contribution in [0.4, 0.5) is 26.3 Å². The molecule has 0 saturated carbocycles. The van der Waals surface area contributed by atoms with Crippen molar-refractivity contribution in [3.8, 4) is 22.9 Å². The Morgan fingerprint density at radius 3 is 2.60 bits per heavy atom. The normalized spacial score (nSPS) is 12.5. The highest BCUT2D eigenvalue weighted by molar-refractivity contribution is 5.85. The minimum Gasteiger partial charge on any atom is -0.481 e. The molecule has 0 radical (unpaired) electrons. The first-order valence-electron chi connectivity index (χ1n) is 12.8. The second kappa shape index (κ2) is 11.3. The maximum Gasteiger partial charge on any atom is 0.393 e. The lowest BCUT2D eigenvalue weighted by Crippen LogP contribution is -2.13. The third-order valence-electron chi connectivity index (χ3n) is 6.90. The first-order chi connectivity index (χ1) is 19.9. The van der Waals surface area contributed by atoms with Crippen molar-refractivity contribution in [3.63, 3.8) is 0 Å². The Morgan fingerprint density at radius 2 is 1.86 bits per heavy atom. The van der Waals surface area contributed by atoms with Gasteiger partial charge in [0.1, 0.15) is 23.2 Å². The van der Waals surface area contributed by atoms with E-state index in [9.17, 15) is 26.7 Å². The molecule has 12 heteroatoms. The fourth-order valence-electron chi connectivity index (χ4n) is 4.81. The summed E-state index contributed by atoms with van der Waals surface area (Å²) in [6, 6.07) is 10.4. The molecule has 5 rings (SSSR count). The summed E-state index contributed by atoms with van der Waals surface area (Å²) < 4.78 is 90.7. The number of alkyl halides is 3. The van der Waals surface area contributed by atoms with Crippen LogP contribution in [0.2, 0.25) is 0 Å². The Kier molecular flexibility index (Phi) is 7.72. The quantitative estimate of drug-likeness (QED) is 0.152. The van der Waals surface area contributed by atoms with E-state index in [0.717, 1.165) is 18.2 Å². The number of nitrogens with zero attached hydrogens (tertiary/aromatic N) is 1. The van der Waals surface area contributed by atoms with Crippen molar-refractivity contribution in [3.05, 3.63) is 101 Å². The number of benzene rings is 3. The van der Waals surface area contributed by atoms with Gasteiger partial charge in [0.15, 0.2) is 11.6 Å². The van der Waals surface area contributed by atoms with E-state index in [4.69, 9.17) is 9.84 Å². The first kappa shape index (κ1) is 28.8. The standard InChI is InChI=1S/C30H23F6N3O3/c1-15(18-4-2-3-16(27(18)33)5-8-26(40)41)25-14-38-29(39-25)20-11-17(6-7-22(20)31)42-28-21(13-30(34,35)36)19-9-10-37-24(19)12-23(28)32/h2-4,6-7,9-12,14-15,37H,5,8,13H2,1H3,(H,38,39)(H,40,41). The Hall–Kier alpha value is -4.74. The average Bonchev–Trinajstić information content (AvgIpc) is 3.60. The van der Waals surface area contributed by atoms with Gasteiger partial charge in [0.05, 0.1) is 12.0 Å². The van der Waals surface area contributed by atoms with Crippen molar-refractivity contribution in [2.45, 2.75) is 38.3 Å². The molecule has 3 aromatic carbocycles. The van der Waals surface area contributed by atoms with Crippen molar-refractivity contribution >= 4 is 16.9 Å². The van der Waals surface area contributed by atoms with E-state index in [-0.39, 0.29) is 52.0 Å². The number of fused-ring (bicyclic) bond motifs is 1. The molecule has 1 unspecified atom stereocenters. The van der Waals surface area contributed by atoms with Crippen molar-refractivity contribution in [1.82, 2.24) is 15.0 Å². The molecule has 1 atom stereocenters. The molecule has 0 fully saturated rings. The minimum absolute atomic E-state index is 0.0102. The van der Waals surface area contributed by atoms with Crippen LogP contribution in [-0.4, -0.2) is 32.2 Å². The minimum atomic E-state index is -4.65. The molecule has 2 heterocycles. The lowest BCUT2D eigenvalue weighted by atomic mass is 9.94. The summed E-state index contributed by atoms with van der Waals surface area (Å²) >= 11 is 0. The molecule has 0 bridgehead atoms. The number of carbonyl (C=O) groups is 1. The fourth-order valence-corrected chi connectivity index (χ4v) is 4.81. The molecule has 42 heavy (non-hydrogen) atoms. The number of hydrogen-bond acceptors (Lipinski definition) is 3. The lowest BCUT2D eigenvalue weighted by molar-refractivity contribution is -0.137.